The second-order valence-corrected chi connectivity index (χ2v) is 6.39. The second-order valence-electron chi connectivity index (χ2n) is 6.39. The summed E-state index contributed by atoms with van der Waals surface area (Å²) in [5.74, 6) is 1.60. The zero-order valence-corrected chi connectivity index (χ0v) is 12.0. The Labute approximate surface area is 112 Å². The maximum atomic E-state index is 6.08. The second kappa shape index (κ2) is 6.88. The third-order valence-corrected chi connectivity index (χ3v) is 4.28. The van der Waals surface area contributed by atoms with Crippen LogP contribution < -0.4 is 5.32 Å². The van der Waals surface area contributed by atoms with Crippen LogP contribution >= 0.6 is 0 Å². The molecule has 18 heavy (non-hydrogen) atoms. The molecule has 0 aromatic rings. The van der Waals surface area contributed by atoms with E-state index in [9.17, 15) is 0 Å². The molecule has 0 aliphatic carbocycles. The zero-order chi connectivity index (χ0) is 12.8. The molecule has 1 spiro atoms. The monoisotopic (exact) mass is 255 g/mol. The first-order valence-corrected chi connectivity index (χ1v) is 7.63. The quantitative estimate of drug-likeness (QED) is 0.766. The van der Waals surface area contributed by atoms with Crippen LogP contribution in [0.25, 0.3) is 0 Å². The first-order chi connectivity index (χ1) is 8.70. The van der Waals surface area contributed by atoms with Crippen LogP contribution in [-0.2, 0) is 9.47 Å². The van der Waals surface area contributed by atoms with Gasteiger partial charge in [-0.3, -0.25) is 0 Å². The predicted molar refractivity (Wildman–Crippen MR) is 73.8 cm³/mol. The predicted octanol–water partition coefficient (Wildman–Crippen LogP) is 2.60. The van der Waals surface area contributed by atoms with Gasteiger partial charge in [-0.25, -0.2) is 0 Å². The smallest absolute Gasteiger partial charge is 0.0729 e. The molecule has 0 bridgehead atoms. The van der Waals surface area contributed by atoms with Crippen molar-refractivity contribution in [1.29, 1.82) is 0 Å². The molecule has 0 aromatic carbocycles. The molecule has 3 nitrogen and oxygen atoms in total. The van der Waals surface area contributed by atoms with Crippen molar-refractivity contribution < 1.29 is 9.47 Å². The van der Waals surface area contributed by atoms with Gasteiger partial charge in [-0.15, -0.1) is 0 Å². The molecule has 1 N–H and O–H groups in total. The van der Waals surface area contributed by atoms with Crippen molar-refractivity contribution in [3.05, 3.63) is 0 Å². The van der Waals surface area contributed by atoms with Crippen molar-refractivity contribution in [2.75, 3.05) is 32.9 Å². The molecular weight excluding hydrogens is 226 g/mol. The van der Waals surface area contributed by atoms with Gasteiger partial charge in [0.2, 0.25) is 0 Å². The lowest BCUT2D eigenvalue weighted by atomic mass is 9.79. The Kier molecular flexibility index (Phi) is 5.46. The lowest BCUT2D eigenvalue weighted by Gasteiger charge is -2.43. The number of ether oxygens (including phenoxy) is 2. The minimum atomic E-state index is 0.166. The minimum absolute atomic E-state index is 0.166. The standard InChI is InChI=1S/C15H29NO2/c1-13(2)12-16-7-3-14-4-8-18-15(11-14)5-9-17-10-6-15/h13-14,16H,3-12H2,1-2H3. The summed E-state index contributed by atoms with van der Waals surface area (Å²) in [6.07, 6.45) is 6.00. The van der Waals surface area contributed by atoms with Gasteiger partial charge in [0.1, 0.15) is 0 Å². The Morgan fingerprint density at radius 3 is 2.72 bits per heavy atom. The van der Waals surface area contributed by atoms with E-state index in [1.807, 2.05) is 0 Å². The summed E-state index contributed by atoms with van der Waals surface area (Å²) in [5.41, 5.74) is 0.166. The van der Waals surface area contributed by atoms with Gasteiger partial charge < -0.3 is 14.8 Å². The molecule has 2 heterocycles. The molecule has 0 aromatic heterocycles. The molecule has 2 saturated heterocycles. The summed E-state index contributed by atoms with van der Waals surface area (Å²) >= 11 is 0. The van der Waals surface area contributed by atoms with Crippen molar-refractivity contribution in [2.24, 2.45) is 11.8 Å². The zero-order valence-electron chi connectivity index (χ0n) is 12.0. The molecule has 3 heteroatoms. The van der Waals surface area contributed by atoms with Gasteiger partial charge in [-0.05, 0) is 57.0 Å². The van der Waals surface area contributed by atoms with Crippen LogP contribution in [0.4, 0.5) is 0 Å². The van der Waals surface area contributed by atoms with E-state index in [1.54, 1.807) is 0 Å². The van der Waals surface area contributed by atoms with Crippen LogP contribution in [-0.4, -0.2) is 38.5 Å². The summed E-state index contributed by atoms with van der Waals surface area (Å²) in [4.78, 5) is 0. The van der Waals surface area contributed by atoms with E-state index in [4.69, 9.17) is 9.47 Å². The van der Waals surface area contributed by atoms with Gasteiger partial charge >= 0.3 is 0 Å². The van der Waals surface area contributed by atoms with E-state index in [1.165, 1.54) is 19.3 Å². The van der Waals surface area contributed by atoms with E-state index in [-0.39, 0.29) is 5.60 Å². The molecule has 2 rings (SSSR count). The SMILES string of the molecule is CC(C)CNCCC1CCOC2(CCOCC2)C1. The van der Waals surface area contributed by atoms with E-state index >= 15 is 0 Å². The van der Waals surface area contributed by atoms with Crippen LogP contribution in [0.1, 0.15) is 46.0 Å². The van der Waals surface area contributed by atoms with Gasteiger partial charge in [-0.1, -0.05) is 13.8 Å². The topological polar surface area (TPSA) is 30.5 Å². The van der Waals surface area contributed by atoms with Crippen molar-refractivity contribution in [3.63, 3.8) is 0 Å². The van der Waals surface area contributed by atoms with Gasteiger partial charge in [0.25, 0.3) is 0 Å². The fourth-order valence-electron chi connectivity index (χ4n) is 3.16. The third kappa shape index (κ3) is 4.22. The largest absolute Gasteiger partial charge is 0.381 e. The molecule has 2 aliphatic rings. The molecule has 0 radical (unpaired) electrons. The molecule has 0 amide bonds. The molecule has 2 fully saturated rings. The third-order valence-electron chi connectivity index (χ3n) is 4.28. The van der Waals surface area contributed by atoms with Crippen molar-refractivity contribution >= 4 is 0 Å². The van der Waals surface area contributed by atoms with Crippen molar-refractivity contribution in [2.45, 2.75) is 51.6 Å². The highest BCUT2D eigenvalue weighted by Crippen LogP contribution is 2.37. The van der Waals surface area contributed by atoms with Gasteiger partial charge in [0, 0.05) is 19.8 Å². The van der Waals surface area contributed by atoms with Gasteiger partial charge in [0.05, 0.1) is 5.60 Å². The van der Waals surface area contributed by atoms with Crippen molar-refractivity contribution in [3.8, 4) is 0 Å². The van der Waals surface area contributed by atoms with E-state index in [0.29, 0.717) is 0 Å². The first-order valence-electron chi connectivity index (χ1n) is 7.63. The summed E-state index contributed by atoms with van der Waals surface area (Å²) in [5, 5.41) is 3.56. The Balaban J connectivity index is 1.69. The van der Waals surface area contributed by atoms with Crippen LogP contribution in [0.15, 0.2) is 0 Å². The molecular formula is C15H29NO2. The van der Waals surface area contributed by atoms with E-state index < -0.39 is 0 Å². The van der Waals surface area contributed by atoms with Crippen LogP contribution in [0, 0.1) is 11.8 Å². The summed E-state index contributed by atoms with van der Waals surface area (Å²) in [7, 11) is 0. The highest BCUT2D eigenvalue weighted by Gasteiger charge is 2.38. The Morgan fingerprint density at radius 2 is 2.00 bits per heavy atom. The molecule has 2 aliphatic heterocycles. The highest BCUT2D eigenvalue weighted by atomic mass is 16.5. The van der Waals surface area contributed by atoms with Crippen LogP contribution in [0.2, 0.25) is 0 Å². The highest BCUT2D eigenvalue weighted by molar-refractivity contribution is 4.89. The molecule has 0 saturated carbocycles. The number of hydrogen-bond acceptors (Lipinski definition) is 3. The van der Waals surface area contributed by atoms with Gasteiger partial charge in [0.15, 0.2) is 0 Å². The summed E-state index contributed by atoms with van der Waals surface area (Å²) < 4.78 is 11.5. The maximum absolute atomic E-state index is 6.08. The first kappa shape index (κ1) is 14.3. The maximum Gasteiger partial charge on any atom is 0.0729 e. The minimum Gasteiger partial charge on any atom is -0.381 e. The van der Waals surface area contributed by atoms with E-state index in [2.05, 4.69) is 19.2 Å². The fraction of sp³-hybridized carbons (Fsp3) is 1.00. The molecule has 106 valence electrons. The van der Waals surface area contributed by atoms with Crippen molar-refractivity contribution in [1.82, 2.24) is 5.32 Å². The lowest BCUT2D eigenvalue weighted by Crippen LogP contribution is -2.44. The average Bonchev–Trinajstić information content (AvgIpc) is 2.36. The summed E-state index contributed by atoms with van der Waals surface area (Å²) in [6.45, 7) is 9.56. The number of nitrogens with one attached hydrogen (secondary N) is 1. The van der Waals surface area contributed by atoms with Crippen LogP contribution in [0.3, 0.4) is 0 Å². The average molecular weight is 255 g/mol. The lowest BCUT2D eigenvalue weighted by molar-refractivity contribution is -0.147. The molecule has 1 unspecified atom stereocenters. The van der Waals surface area contributed by atoms with Crippen LogP contribution in [0.5, 0.6) is 0 Å². The molecule has 1 atom stereocenters. The normalized spacial score (nSPS) is 27.8. The Bertz CT molecular complexity index is 231. The fourth-order valence-corrected chi connectivity index (χ4v) is 3.16. The Morgan fingerprint density at radius 1 is 1.22 bits per heavy atom. The number of hydrogen-bond donors (Lipinski definition) is 1. The summed E-state index contributed by atoms with van der Waals surface area (Å²) in [6, 6.07) is 0. The Hall–Kier alpha value is -0.120. The van der Waals surface area contributed by atoms with Gasteiger partial charge in [-0.2, -0.15) is 0 Å². The number of rotatable bonds is 5. The van der Waals surface area contributed by atoms with E-state index in [0.717, 1.165) is 57.6 Å².